The highest BCUT2D eigenvalue weighted by molar-refractivity contribution is 9.10. The van der Waals surface area contributed by atoms with E-state index in [9.17, 15) is 4.79 Å². The molecule has 9 heteroatoms. The number of benzene rings is 2. The van der Waals surface area contributed by atoms with Crippen molar-refractivity contribution >= 4 is 79.7 Å². The van der Waals surface area contributed by atoms with Gasteiger partial charge in [-0.3, -0.25) is 4.79 Å². The van der Waals surface area contributed by atoms with Gasteiger partial charge in [0.05, 0.1) is 5.56 Å². The summed E-state index contributed by atoms with van der Waals surface area (Å²) in [6, 6.07) is 16.2. The fourth-order valence-corrected chi connectivity index (χ4v) is 2.90. The van der Waals surface area contributed by atoms with Crippen LogP contribution in [0.1, 0.15) is 10.4 Å². The van der Waals surface area contributed by atoms with Crippen molar-refractivity contribution in [2.45, 2.75) is 9.96 Å². The molecule has 0 saturated carbocycles. The van der Waals surface area contributed by atoms with Crippen molar-refractivity contribution in [1.29, 1.82) is 0 Å². The Hall–Kier alpha value is -1.05. The third kappa shape index (κ3) is 6.31. The number of hydrogen-bond acceptors (Lipinski definition) is 2. The van der Waals surface area contributed by atoms with E-state index in [-0.39, 0.29) is 5.11 Å². The first-order chi connectivity index (χ1) is 11.8. The summed E-state index contributed by atoms with van der Waals surface area (Å²) in [6.45, 7) is 0. The van der Waals surface area contributed by atoms with Gasteiger partial charge < -0.3 is 16.0 Å². The van der Waals surface area contributed by atoms with Crippen molar-refractivity contribution in [3.05, 3.63) is 64.6 Å². The number of carbonyl (C=O) groups excluding carboxylic acids is 1. The number of carbonyl (C=O) groups is 1. The van der Waals surface area contributed by atoms with Crippen LogP contribution in [0.4, 0.5) is 5.69 Å². The normalized spacial score (nSPS) is 12.2. The topological polar surface area (TPSA) is 53.2 Å². The molecular weight excluding hydrogens is 469 g/mol. The Morgan fingerprint density at radius 3 is 2.20 bits per heavy atom. The summed E-state index contributed by atoms with van der Waals surface area (Å²) in [4.78, 5) is 12.4. The van der Waals surface area contributed by atoms with Gasteiger partial charge in [0.2, 0.25) is 3.79 Å². The number of para-hydroxylation sites is 1. The van der Waals surface area contributed by atoms with E-state index in [1.807, 2.05) is 30.3 Å². The third-order valence-electron chi connectivity index (χ3n) is 3.03. The summed E-state index contributed by atoms with van der Waals surface area (Å²) < 4.78 is -1.19. The van der Waals surface area contributed by atoms with E-state index in [0.717, 1.165) is 5.69 Å². The molecule has 1 atom stereocenters. The molecule has 2 aromatic rings. The van der Waals surface area contributed by atoms with E-state index in [1.165, 1.54) is 0 Å². The monoisotopic (exact) mass is 479 g/mol. The average Bonchev–Trinajstić information content (AvgIpc) is 2.54. The lowest BCUT2D eigenvalue weighted by atomic mass is 10.2. The molecule has 3 N–H and O–H groups in total. The lowest BCUT2D eigenvalue weighted by molar-refractivity contribution is 0.0934. The highest BCUT2D eigenvalue weighted by atomic mass is 79.9. The molecule has 0 saturated heterocycles. The maximum Gasteiger partial charge on any atom is 0.254 e. The van der Waals surface area contributed by atoms with Gasteiger partial charge in [-0.1, -0.05) is 65.1 Å². The predicted octanol–water partition coefficient (Wildman–Crippen LogP) is 4.86. The zero-order valence-electron chi connectivity index (χ0n) is 12.6. The Labute approximate surface area is 174 Å². The first-order valence-corrected chi connectivity index (χ1v) is 9.35. The molecule has 1 unspecified atom stereocenters. The molecular formula is C16H13BrCl3N3OS. The van der Waals surface area contributed by atoms with Gasteiger partial charge in [0.15, 0.2) is 5.11 Å². The standard InChI is InChI=1S/C16H13BrCl3N3OS/c17-12-9-5-4-8-11(12)13(24)22-14(16(18,19)20)23-15(25)21-10-6-2-1-3-7-10/h1-9,14H,(H,22,24)(H2,21,23,25). The van der Waals surface area contributed by atoms with E-state index < -0.39 is 15.9 Å². The minimum absolute atomic E-state index is 0.204. The number of nitrogens with one attached hydrogen (secondary N) is 3. The summed E-state index contributed by atoms with van der Waals surface area (Å²) in [5, 5.41) is 8.59. The molecule has 2 aromatic carbocycles. The highest BCUT2D eigenvalue weighted by Crippen LogP contribution is 2.29. The number of alkyl halides is 3. The van der Waals surface area contributed by atoms with Crippen molar-refractivity contribution in [3.8, 4) is 0 Å². The molecule has 25 heavy (non-hydrogen) atoms. The van der Waals surface area contributed by atoms with E-state index in [0.29, 0.717) is 10.0 Å². The smallest absolute Gasteiger partial charge is 0.254 e. The van der Waals surface area contributed by atoms with Crippen LogP contribution in [-0.2, 0) is 0 Å². The minimum atomic E-state index is -1.82. The SMILES string of the molecule is O=C(NC(NC(=S)Nc1ccccc1)C(Cl)(Cl)Cl)c1ccccc1Br. The number of hydrogen-bond donors (Lipinski definition) is 3. The van der Waals surface area contributed by atoms with E-state index in [2.05, 4.69) is 31.9 Å². The minimum Gasteiger partial charge on any atom is -0.339 e. The van der Waals surface area contributed by atoms with Gasteiger partial charge >= 0.3 is 0 Å². The number of thiocarbonyl (C=S) groups is 1. The van der Waals surface area contributed by atoms with Gasteiger partial charge in [-0.25, -0.2) is 0 Å². The number of amides is 1. The van der Waals surface area contributed by atoms with Crippen molar-refractivity contribution < 1.29 is 4.79 Å². The summed E-state index contributed by atoms with van der Waals surface area (Å²) in [7, 11) is 0. The van der Waals surface area contributed by atoms with Crippen molar-refractivity contribution in [3.63, 3.8) is 0 Å². The second kappa shape index (κ2) is 9.05. The summed E-state index contributed by atoms with van der Waals surface area (Å²) in [5.74, 6) is -0.418. The maximum atomic E-state index is 12.4. The second-order valence-corrected chi connectivity index (χ2v) is 8.52. The van der Waals surface area contributed by atoms with Crippen molar-refractivity contribution in [2.75, 3.05) is 5.32 Å². The quantitative estimate of drug-likeness (QED) is 0.332. The molecule has 2 rings (SSSR count). The van der Waals surface area contributed by atoms with E-state index in [1.54, 1.807) is 24.3 Å². The average molecular weight is 482 g/mol. The Morgan fingerprint density at radius 2 is 1.60 bits per heavy atom. The van der Waals surface area contributed by atoms with Crippen LogP contribution in [0.25, 0.3) is 0 Å². The molecule has 0 aliphatic rings. The molecule has 0 heterocycles. The van der Waals surface area contributed by atoms with Crippen LogP contribution >= 0.6 is 63.0 Å². The molecule has 132 valence electrons. The van der Waals surface area contributed by atoms with Crippen LogP contribution in [0.2, 0.25) is 0 Å². The Morgan fingerprint density at radius 1 is 1.00 bits per heavy atom. The van der Waals surface area contributed by atoms with Crippen molar-refractivity contribution in [2.24, 2.45) is 0 Å². The lowest BCUT2D eigenvalue weighted by Crippen LogP contribution is -2.56. The second-order valence-electron chi connectivity index (χ2n) is 4.89. The summed E-state index contributed by atoms with van der Waals surface area (Å²) in [5.41, 5.74) is 1.17. The van der Waals surface area contributed by atoms with Gasteiger partial charge in [-0.05, 0) is 52.4 Å². The van der Waals surface area contributed by atoms with Gasteiger partial charge in [0.25, 0.3) is 5.91 Å². The first kappa shape index (κ1) is 20.3. The largest absolute Gasteiger partial charge is 0.339 e. The van der Waals surface area contributed by atoms with Crippen LogP contribution < -0.4 is 16.0 Å². The molecule has 1 amide bonds. The van der Waals surface area contributed by atoms with Gasteiger partial charge in [0.1, 0.15) is 6.17 Å². The number of rotatable bonds is 4. The van der Waals surface area contributed by atoms with Crippen LogP contribution in [0.5, 0.6) is 0 Å². The summed E-state index contributed by atoms with van der Waals surface area (Å²) in [6.07, 6.45) is -1.04. The molecule has 0 spiro atoms. The van der Waals surface area contributed by atoms with E-state index >= 15 is 0 Å². The van der Waals surface area contributed by atoms with Crippen molar-refractivity contribution in [1.82, 2.24) is 10.6 Å². The lowest BCUT2D eigenvalue weighted by Gasteiger charge is -2.28. The first-order valence-electron chi connectivity index (χ1n) is 7.02. The molecule has 0 bridgehead atoms. The number of anilines is 1. The fraction of sp³-hybridized carbons (Fsp3) is 0.125. The Bertz CT molecular complexity index is 756. The molecule has 4 nitrogen and oxygen atoms in total. The number of halogens is 4. The van der Waals surface area contributed by atoms with Crippen LogP contribution in [0.15, 0.2) is 59.1 Å². The van der Waals surface area contributed by atoms with Crippen LogP contribution in [0.3, 0.4) is 0 Å². The molecule has 0 fully saturated rings. The van der Waals surface area contributed by atoms with Crippen LogP contribution in [-0.4, -0.2) is 21.0 Å². The van der Waals surface area contributed by atoms with Gasteiger partial charge in [0, 0.05) is 10.2 Å². The molecule has 0 radical (unpaired) electrons. The maximum absolute atomic E-state index is 12.4. The summed E-state index contributed by atoms with van der Waals surface area (Å²) >= 11 is 26.4. The highest BCUT2D eigenvalue weighted by Gasteiger charge is 2.35. The predicted molar refractivity (Wildman–Crippen MR) is 111 cm³/mol. The van der Waals surface area contributed by atoms with Gasteiger partial charge in [-0.2, -0.15) is 0 Å². The fourth-order valence-electron chi connectivity index (χ4n) is 1.87. The molecule has 0 aromatic heterocycles. The zero-order valence-corrected chi connectivity index (χ0v) is 17.3. The van der Waals surface area contributed by atoms with Gasteiger partial charge in [-0.15, -0.1) is 0 Å². The Kier molecular flexibility index (Phi) is 7.34. The molecule has 0 aliphatic heterocycles. The zero-order chi connectivity index (χ0) is 18.4. The Balaban J connectivity index is 2.08. The van der Waals surface area contributed by atoms with Crippen LogP contribution in [0, 0.1) is 0 Å². The third-order valence-corrected chi connectivity index (χ3v) is 4.59. The van der Waals surface area contributed by atoms with E-state index in [4.69, 9.17) is 47.0 Å². The molecule has 0 aliphatic carbocycles.